The third-order valence-electron chi connectivity index (χ3n) is 3.06. The minimum absolute atomic E-state index is 0.00404. The van der Waals surface area contributed by atoms with Crippen LogP contribution in [0.4, 0.5) is 0 Å². The summed E-state index contributed by atoms with van der Waals surface area (Å²) in [5.41, 5.74) is 0.522. The van der Waals surface area contributed by atoms with Crippen LogP contribution in [0.25, 0.3) is 0 Å². The maximum absolute atomic E-state index is 12.2. The molecule has 2 rings (SSSR count). The normalized spacial score (nSPS) is 21.5. The summed E-state index contributed by atoms with van der Waals surface area (Å²) in [6.07, 6.45) is 0.864. The van der Waals surface area contributed by atoms with E-state index in [1.807, 2.05) is 6.92 Å². The highest BCUT2D eigenvalue weighted by molar-refractivity contribution is 6.39. The molecular weight excluding hydrogens is 220 g/mol. The van der Waals surface area contributed by atoms with Gasteiger partial charge in [0.1, 0.15) is 5.71 Å². The van der Waals surface area contributed by atoms with Gasteiger partial charge in [0.25, 0.3) is 5.91 Å². The Morgan fingerprint density at radius 3 is 2.71 bits per heavy atom. The van der Waals surface area contributed by atoms with Crippen molar-refractivity contribution in [3.8, 4) is 0 Å². The molecule has 6 nitrogen and oxygen atoms in total. The van der Waals surface area contributed by atoms with Gasteiger partial charge in [-0.1, -0.05) is 0 Å². The minimum Gasteiger partial charge on any atom is -0.335 e. The summed E-state index contributed by atoms with van der Waals surface area (Å²) in [6.45, 7) is 5.48. The third kappa shape index (κ3) is 2.63. The Kier molecular flexibility index (Phi) is 3.73. The number of piperazine rings is 1. The van der Waals surface area contributed by atoms with Crippen molar-refractivity contribution in [1.29, 1.82) is 0 Å². The van der Waals surface area contributed by atoms with E-state index >= 15 is 0 Å². The fraction of sp³-hybridized carbons (Fsp3) is 0.727. The van der Waals surface area contributed by atoms with Crippen molar-refractivity contribution in [2.45, 2.75) is 19.8 Å². The van der Waals surface area contributed by atoms with Gasteiger partial charge in [0.15, 0.2) is 0 Å². The summed E-state index contributed by atoms with van der Waals surface area (Å²) in [6, 6.07) is 0. The summed E-state index contributed by atoms with van der Waals surface area (Å²) in [5, 5.41) is 8.73. The van der Waals surface area contributed by atoms with Gasteiger partial charge >= 0.3 is 0 Å². The molecule has 6 heteroatoms. The molecule has 0 bridgehead atoms. The predicted molar refractivity (Wildman–Crippen MR) is 63.5 cm³/mol. The first-order valence-electron chi connectivity index (χ1n) is 6.10. The van der Waals surface area contributed by atoms with E-state index in [9.17, 15) is 9.59 Å². The summed E-state index contributed by atoms with van der Waals surface area (Å²) < 4.78 is 0. The molecule has 1 fully saturated rings. The van der Waals surface area contributed by atoms with E-state index < -0.39 is 0 Å². The number of hydrogen-bond donors (Lipinski definition) is 1. The van der Waals surface area contributed by atoms with Crippen LogP contribution in [0.1, 0.15) is 19.8 Å². The molecule has 0 aromatic carbocycles. The molecule has 2 aliphatic rings. The molecular formula is C11H18N4O2. The fourth-order valence-corrected chi connectivity index (χ4v) is 2.05. The van der Waals surface area contributed by atoms with Crippen LogP contribution < -0.4 is 5.32 Å². The highest BCUT2D eigenvalue weighted by atomic mass is 16.2. The molecule has 2 amide bonds. The van der Waals surface area contributed by atoms with E-state index in [-0.39, 0.29) is 11.8 Å². The molecule has 0 saturated carbocycles. The van der Waals surface area contributed by atoms with Crippen molar-refractivity contribution in [2.75, 3.05) is 32.7 Å². The first-order chi connectivity index (χ1) is 8.22. The number of amides is 2. The van der Waals surface area contributed by atoms with Crippen molar-refractivity contribution in [2.24, 2.45) is 5.10 Å². The lowest BCUT2D eigenvalue weighted by atomic mass is 10.1. The van der Waals surface area contributed by atoms with Gasteiger partial charge < -0.3 is 10.2 Å². The molecule has 0 radical (unpaired) electrons. The standard InChI is InChI=1S/C11H18N4O2/c1-2-15-10(16)4-3-9(13-15)11(17)14-7-5-12-6-8-14/h12H,2-8H2,1H3. The van der Waals surface area contributed by atoms with Crippen LogP contribution in [-0.2, 0) is 9.59 Å². The summed E-state index contributed by atoms with van der Waals surface area (Å²) in [4.78, 5) is 25.4. The molecule has 0 atom stereocenters. The molecule has 0 aromatic heterocycles. The first-order valence-corrected chi connectivity index (χ1v) is 6.10. The Morgan fingerprint density at radius 2 is 2.06 bits per heavy atom. The summed E-state index contributed by atoms with van der Waals surface area (Å²) in [5.74, 6) is -0.0122. The van der Waals surface area contributed by atoms with Crippen LogP contribution in [0.15, 0.2) is 5.10 Å². The minimum atomic E-state index is -0.0162. The van der Waals surface area contributed by atoms with Gasteiger partial charge in [0, 0.05) is 45.6 Å². The molecule has 0 unspecified atom stereocenters. The van der Waals surface area contributed by atoms with E-state index in [0.717, 1.165) is 26.2 Å². The average Bonchev–Trinajstić information content (AvgIpc) is 2.39. The van der Waals surface area contributed by atoms with E-state index in [1.165, 1.54) is 5.01 Å². The largest absolute Gasteiger partial charge is 0.335 e. The lowest BCUT2D eigenvalue weighted by Crippen LogP contribution is -2.49. The van der Waals surface area contributed by atoms with Crippen LogP contribution in [0, 0.1) is 0 Å². The van der Waals surface area contributed by atoms with Gasteiger partial charge in [-0.15, -0.1) is 0 Å². The molecule has 1 saturated heterocycles. The SMILES string of the molecule is CCN1N=C(C(=O)N2CCNCC2)CCC1=O. The average molecular weight is 238 g/mol. The molecule has 0 aliphatic carbocycles. The Balaban J connectivity index is 2.05. The topological polar surface area (TPSA) is 65.0 Å². The number of carbonyl (C=O) groups excluding carboxylic acids is 2. The maximum Gasteiger partial charge on any atom is 0.270 e. The second-order valence-corrected chi connectivity index (χ2v) is 4.20. The van der Waals surface area contributed by atoms with Gasteiger partial charge in [0.2, 0.25) is 5.91 Å². The van der Waals surface area contributed by atoms with Gasteiger partial charge in [-0.05, 0) is 6.92 Å². The van der Waals surface area contributed by atoms with E-state index in [0.29, 0.717) is 25.1 Å². The molecule has 94 valence electrons. The second kappa shape index (κ2) is 5.27. The van der Waals surface area contributed by atoms with Crippen LogP contribution in [0.2, 0.25) is 0 Å². The predicted octanol–water partition coefficient (Wildman–Crippen LogP) is -0.583. The van der Waals surface area contributed by atoms with Gasteiger partial charge in [0.05, 0.1) is 0 Å². The fourth-order valence-electron chi connectivity index (χ4n) is 2.05. The molecule has 0 aromatic rings. The smallest absolute Gasteiger partial charge is 0.270 e. The summed E-state index contributed by atoms with van der Waals surface area (Å²) in [7, 11) is 0. The highest BCUT2D eigenvalue weighted by Gasteiger charge is 2.27. The van der Waals surface area contributed by atoms with E-state index in [2.05, 4.69) is 10.4 Å². The number of nitrogens with zero attached hydrogens (tertiary/aromatic N) is 3. The first kappa shape index (κ1) is 12.0. The maximum atomic E-state index is 12.2. The molecule has 2 heterocycles. The zero-order valence-electron chi connectivity index (χ0n) is 10.1. The van der Waals surface area contributed by atoms with Gasteiger partial charge in [-0.2, -0.15) is 5.10 Å². The number of rotatable bonds is 2. The highest BCUT2D eigenvalue weighted by Crippen LogP contribution is 2.11. The Labute approximate surface area is 101 Å². The Morgan fingerprint density at radius 1 is 1.35 bits per heavy atom. The lowest BCUT2D eigenvalue weighted by Gasteiger charge is -2.29. The zero-order chi connectivity index (χ0) is 12.3. The second-order valence-electron chi connectivity index (χ2n) is 4.20. The lowest BCUT2D eigenvalue weighted by molar-refractivity contribution is -0.132. The van der Waals surface area contributed by atoms with Crippen molar-refractivity contribution in [1.82, 2.24) is 15.2 Å². The van der Waals surface area contributed by atoms with Crippen LogP contribution >= 0.6 is 0 Å². The molecule has 17 heavy (non-hydrogen) atoms. The number of nitrogens with one attached hydrogen (secondary N) is 1. The van der Waals surface area contributed by atoms with Crippen LogP contribution in [0.5, 0.6) is 0 Å². The zero-order valence-corrected chi connectivity index (χ0v) is 10.1. The van der Waals surface area contributed by atoms with Crippen molar-refractivity contribution in [3.05, 3.63) is 0 Å². The summed E-state index contributed by atoms with van der Waals surface area (Å²) >= 11 is 0. The quantitative estimate of drug-likeness (QED) is 0.700. The van der Waals surface area contributed by atoms with E-state index in [4.69, 9.17) is 0 Å². The Hall–Kier alpha value is -1.43. The van der Waals surface area contributed by atoms with Crippen LogP contribution in [-0.4, -0.2) is 60.2 Å². The third-order valence-corrected chi connectivity index (χ3v) is 3.06. The number of hydrazone groups is 1. The monoisotopic (exact) mass is 238 g/mol. The number of hydrogen-bond acceptors (Lipinski definition) is 4. The van der Waals surface area contributed by atoms with Crippen molar-refractivity contribution < 1.29 is 9.59 Å². The van der Waals surface area contributed by atoms with Gasteiger partial charge in [-0.25, -0.2) is 5.01 Å². The molecule has 2 aliphatic heterocycles. The van der Waals surface area contributed by atoms with Crippen LogP contribution in [0.3, 0.4) is 0 Å². The van der Waals surface area contributed by atoms with Gasteiger partial charge in [-0.3, -0.25) is 9.59 Å². The number of carbonyl (C=O) groups is 2. The Bertz CT molecular complexity index is 347. The molecule has 0 spiro atoms. The molecule has 1 N–H and O–H groups in total. The van der Waals surface area contributed by atoms with Crippen molar-refractivity contribution in [3.63, 3.8) is 0 Å². The van der Waals surface area contributed by atoms with E-state index in [1.54, 1.807) is 4.90 Å². The van der Waals surface area contributed by atoms with Crippen molar-refractivity contribution >= 4 is 17.5 Å².